The van der Waals surface area contributed by atoms with Crippen molar-refractivity contribution in [2.75, 3.05) is 26.2 Å². The lowest BCUT2D eigenvalue weighted by atomic mass is 10.1. The van der Waals surface area contributed by atoms with Gasteiger partial charge in [-0.15, -0.1) is 0 Å². The third-order valence-electron chi connectivity index (χ3n) is 5.14. The van der Waals surface area contributed by atoms with Crippen molar-refractivity contribution in [2.45, 2.75) is 63.3 Å². The molecule has 0 spiro atoms. The highest BCUT2D eigenvalue weighted by atomic mass is 32.2. The highest BCUT2D eigenvalue weighted by molar-refractivity contribution is 7.89. The Morgan fingerprint density at radius 3 is 2.37 bits per heavy atom. The fraction of sp³-hybridized carbons (Fsp3) is 0.650. The van der Waals surface area contributed by atoms with Gasteiger partial charge in [0.15, 0.2) is 0 Å². The minimum atomic E-state index is -3.56. The lowest BCUT2D eigenvalue weighted by Crippen LogP contribution is -2.37. The van der Waals surface area contributed by atoms with Crippen LogP contribution in [-0.4, -0.2) is 50.9 Å². The number of sulfonamides is 1. The van der Waals surface area contributed by atoms with Crippen LogP contribution in [0.4, 0.5) is 0 Å². The van der Waals surface area contributed by atoms with Crippen LogP contribution in [0.5, 0.6) is 0 Å². The van der Waals surface area contributed by atoms with Gasteiger partial charge in [-0.05, 0) is 31.0 Å². The third-order valence-corrected chi connectivity index (χ3v) is 7.18. The Bertz CT molecular complexity index is 694. The summed E-state index contributed by atoms with van der Waals surface area (Å²) >= 11 is 0. The van der Waals surface area contributed by atoms with Crippen molar-refractivity contribution in [1.82, 2.24) is 14.9 Å². The molecule has 27 heavy (non-hydrogen) atoms. The summed E-state index contributed by atoms with van der Waals surface area (Å²) in [5, 5.41) is 6.40. The second-order valence-electron chi connectivity index (χ2n) is 7.02. The van der Waals surface area contributed by atoms with Gasteiger partial charge in [0, 0.05) is 37.8 Å². The van der Waals surface area contributed by atoms with Crippen molar-refractivity contribution >= 4 is 15.9 Å². The normalized spacial score (nSPS) is 16.3. The van der Waals surface area contributed by atoms with Crippen molar-refractivity contribution in [1.29, 1.82) is 0 Å². The smallest absolute Gasteiger partial charge is 0.251 e. The molecule has 6 nitrogen and oxygen atoms in total. The first-order chi connectivity index (χ1) is 13.0. The summed E-state index contributed by atoms with van der Waals surface area (Å²) in [7, 11) is -3.56. The SMILES string of the molecule is CCN(CC)S(=O)(=O)c1cccc(C(=O)NCCNC2CCCCCC2)c1. The van der Waals surface area contributed by atoms with Gasteiger partial charge in [0.2, 0.25) is 10.0 Å². The minimum Gasteiger partial charge on any atom is -0.351 e. The summed E-state index contributed by atoms with van der Waals surface area (Å²) in [5.74, 6) is -0.241. The van der Waals surface area contributed by atoms with E-state index in [0.29, 0.717) is 31.2 Å². The summed E-state index contributed by atoms with van der Waals surface area (Å²) in [5.41, 5.74) is 0.373. The number of nitrogens with zero attached hydrogens (tertiary/aromatic N) is 1. The van der Waals surface area contributed by atoms with Crippen LogP contribution in [0.15, 0.2) is 29.2 Å². The molecule has 0 aliphatic heterocycles. The number of nitrogens with one attached hydrogen (secondary N) is 2. The van der Waals surface area contributed by atoms with E-state index in [2.05, 4.69) is 10.6 Å². The number of rotatable bonds is 9. The number of carbonyl (C=O) groups is 1. The van der Waals surface area contributed by atoms with Crippen LogP contribution in [0.3, 0.4) is 0 Å². The highest BCUT2D eigenvalue weighted by Gasteiger charge is 2.22. The average molecular weight is 396 g/mol. The first-order valence-corrected chi connectivity index (χ1v) is 11.5. The Kier molecular flexibility index (Phi) is 8.73. The molecular formula is C20H33N3O3S. The van der Waals surface area contributed by atoms with Crippen molar-refractivity contribution in [3.8, 4) is 0 Å². The molecule has 0 bridgehead atoms. The van der Waals surface area contributed by atoms with Crippen LogP contribution in [0.2, 0.25) is 0 Å². The zero-order valence-corrected chi connectivity index (χ0v) is 17.4. The van der Waals surface area contributed by atoms with Crippen LogP contribution in [-0.2, 0) is 10.0 Å². The van der Waals surface area contributed by atoms with Crippen molar-refractivity contribution in [3.05, 3.63) is 29.8 Å². The van der Waals surface area contributed by atoms with Crippen LogP contribution in [0.25, 0.3) is 0 Å². The maximum Gasteiger partial charge on any atom is 0.251 e. The molecule has 0 unspecified atom stereocenters. The number of carbonyl (C=O) groups excluding carboxylic acids is 1. The van der Waals surface area contributed by atoms with E-state index in [1.807, 2.05) is 0 Å². The molecule has 1 aromatic rings. The van der Waals surface area contributed by atoms with Gasteiger partial charge >= 0.3 is 0 Å². The summed E-state index contributed by atoms with van der Waals surface area (Å²) in [6.07, 6.45) is 7.61. The van der Waals surface area contributed by atoms with Gasteiger partial charge in [-0.1, -0.05) is 45.6 Å². The number of benzene rings is 1. The van der Waals surface area contributed by atoms with Gasteiger partial charge in [-0.25, -0.2) is 8.42 Å². The molecule has 0 heterocycles. The molecule has 0 saturated heterocycles. The lowest BCUT2D eigenvalue weighted by molar-refractivity contribution is 0.0953. The van der Waals surface area contributed by atoms with Crippen molar-refractivity contribution < 1.29 is 13.2 Å². The minimum absolute atomic E-state index is 0.162. The van der Waals surface area contributed by atoms with Crippen LogP contribution in [0, 0.1) is 0 Å². The maximum absolute atomic E-state index is 12.6. The first-order valence-electron chi connectivity index (χ1n) is 10.1. The molecule has 1 fully saturated rings. The number of hydrogen-bond donors (Lipinski definition) is 2. The second-order valence-corrected chi connectivity index (χ2v) is 8.95. The van der Waals surface area contributed by atoms with Gasteiger partial charge in [0.1, 0.15) is 0 Å². The number of hydrogen-bond acceptors (Lipinski definition) is 4. The molecular weight excluding hydrogens is 362 g/mol. The lowest BCUT2D eigenvalue weighted by Gasteiger charge is -2.19. The largest absolute Gasteiger partial charge is 0.351 e. The van der Waals surface area contributed by atoms with E-state index in [1.165, 1.54) is 55.0 Å². The van der Waals surface area contributed by atoms with E-state index in [-0.39, 0.29) is 10.8 Å². The molecule has 1 saturated carbocycles. The van der Waals surface area contributed by atoms with E-state index >= 15 is 0 Å². The van der Waals surface area contributed by atoms with Gasteiger partial charge in [-0.2, -0.15) is 4.31 Å². The molecule has 2 N–H and O–H groups in total. The van der Waals surface area contributed by atoms with E-state index in [9.17, 15) is 13.2 Å². The van der Waals surface area contributed by atoms with E-state index in [1.54, 1.807) is 26.0 Å². The fourth-order valence-corrected chi connectivity index (χ4v) is 5.05. The average Bonchev–Trinajstić information content (AvgIpc) is 2.95. The summed E-state index contributed by atoms with van der Waals surface area (Å²) < 4.78 is 26.6. The monoisotopic (exact) mass is 395 g/mol. The van der Waals surface area contributed by atoms with E-state index < -0.39 is 10.0 Å². The second kappa shape index (κ2) is 10.8. The fourth-order valence-electron chi connectivity index (χ4n) is 3.55. The molecule has 2 rings (SSSR count). The topological polar surface area (TPSA) is 78.5 Å². The molecule has 0 atom stereocenters. The van der Waals surface area contributed by atoms with Gasteiger partial charge in [0.05, 0.1) is 4.90 Å². The van der Waals surface area contributed by atoms with Gasteiger partial charge in [0.25, 0.3) is 5.91 Å². The summed E-state index contributed by atoms with van der Waals surface area (Å²) in [6.45, 7) is 5.68. The van der Waals surface area contributed by atoms with Gasteiger partial charge in [-0.3, -0.25) is 4.79 Å². The molecule has 1 aliphatic rings. The zero-order chi connectivity index (χ0) is 19.7. The Morgan fingerprint density at radius 2 is 1.74 bits per heavy atom. The van der Waals surface area contributed by atoms with Crippen molar-refractivity contribution in [3.63, 3.8) is 0 Å². The summed E-state index contributed by atoms with van der Waals surface area (Å²) in [6, 6.07) is 6.82. The molecule has 7 heteroatoms. The first kappa shape index (κ1) is 21.9. The maximum atomic E-state index is 12.6. The van der Waals surface area contributed by atoms with E-state index in [0.717, 1.165) is 6.54 Å². The van der Waals surface area contributed by atoms with E-state index in [4.69, 9.17) is 0 Å². The molecule has 1 amide bonds. The Labute approximate surface area is 163 Å². The molecule has 0 aromatic heterocycles. The standard InChI is InChI=1S/C20H33N3O3S/c1-3-23(4-2)27(25,26)19-13-9-10-17(16-19)20(24)22-15-14-21-18-11-7-5-6-8-12-18/h9-10,13,16,18,21H,3-8,11-12,14-15H2,1-2H3,(H,22,24). The highest BCUT2D eigenvalue weighted by Crippen LogP contribution is 2.18. The van der Waals surface area contributed by atoms with Gasteiger partial charge < -0.3 is 10.6 Å². The van der Waals surface area contributed by atoms with Crippen LogP contribution >= 0.6 is 0 Å². The Morgan fingerprint density at radius 1 is 1.07 bits per heavy atom. The zero-order valence-electron chi connectivity index (χ0n) is 16.5. The summed E-state index contributed by atoms with van der Waals surface area (Å²) in [4.78, 5) is 12.6. The predicted octanol–water partition coefficient (Wildman–Crippen LogP) is 2.76. The Hall–Kier alpha value is -1.44. The molecule has 152 valence electrons. The quantitative estimate of drug-likeness (QED) is 0.498. The molecule has 1 aromatic carbocycles. The molecule has 1 aliphatic carbocycles. The van der Waals surface area contributed by atoms with Crippen LogP contribution in [0.1, 0.15) is 62.7 Å². The van der Waals surface area contributed by atoms with Crippen LogP contribution < -0.4 is 10.6 Å². The predicted molar refractivity (Wildman–Crippen MR) is 108 cm³/mol. The van der Waals surface area contributed by atoms with Crippen molar-refractivity contribution in [2.24, 2.45) is 0 Å². The molecule has 0 radical (unpaired) electrons. The Balaban J connectivity index is 1.89. The number of amides is 1. The third kappa shape index (κ3) is 6.30.